The molecule has 1 aliphatic heterocycles. The highest BCUT2D eigenvalue weighted by Gasteiger charge is 2.37. The Morgan fingerprint density at radius 1 is 1.10 bits per heavy atom. The van der Waals surface area contributed by atoms with Gasteiger partial charge in [-0.3, -0.25) is 13.9 Å². The fourth-order valence-electron chi connectivity index (χ4n) is 4.21. The molecular weight excluding hydrogens is 392 g/mol. The Morgan fingerprint density at radius 2 is 1.79 bits per heavy atom. The van der Waals surface area contributed by atoms with E-state index in [1.54, 1.807) is 30.1 Å². The van der Waals surface area contributed by atoms with Crippen LogP contribution >= 0.6 is 0 Å². The van der Waals surface area contributed by atoms with Crippen LogP contribution in [0.25, 0.3) is 10.8 Å². The molecule has 4 rings (SSSR count). The molecule has 7 nitrogen and oxygen atoms in total. The Bertz CT molecular complexity index is 1050. The second kappa shape index (κ2) is 7.67. The van der Waals surface area contributed by atoms with Gasteiger partial charge in [-0.25, -0.2) is 8.42 Å². The molecule has 0 radical (unpaired) electrons. The van der Waals surface area contributed by atoms with Crippen LogP contribution in [0.2, 0.25) is 0 Å². The van der Waals surface area contributed by atoms with Gasteiger partial charge in [0.05, 0.1) is 10.6 Å². The largest absolute Gasteiger partial charge is 0.454 e. The zero-order chi connectivity index (χ0) is 20.6. The number of hydrogen-bond acceptors (Lipinski definition) is 5. The minimum Gasteiger partial charge on any atom is -0.454 e. The Labute approximate surface area is 170 Å². The van der Waals surface area contributed by atoms with Crippen LogP contribution in [0.4, 0.5) is 5.69 Å². The third-order valence-electron chi connectivity index (χ3n) is 5.83. The van der Waals surface area contributed by atoms with Crippen molar-refractivity contribution in [2.45, 2.75) is 43.0 Å². The van der Waals surface area contributed by atoms with Crippen LogP contribution < -0.4 is 4.31 Å². The lowest BCUT2D eigenvalue weighted by Gasteiger charge is -2.31. The standard InChI is InChI=1S/C21H24N2O5S/c1-22(16-9-3-2-4-10-16)19(24)14-28-20(25)13-23-17-11-5-7-15-8-6-12-18(21(15)17)29(23,26)27/h5-8,11-12,16H,2-4,9-10,13-14H2,1H3. The zero-order valence-electron chi connectivity index (χ0n) is 16.3. The molecule has 1 amide bonds. The molecule has 1 aliphatic carbocycles. The summed E-state index contributed by atoms with van der Waals surface area (Å²) >= 11 is 0. The second-order valence-corrected chi connectivity index (χ2v) is 9.43. The molecule has 2 aromatic rings. The van der Waals surface area contributed by atoms with Gasteiger partial charge in [-0.05, 0) is 30.4 Å². The molecule has 0 N–H and O–H groups in total. The lowest BCUT2D eigenvalue weighted by Crippen LogP contribution is -2.41. The van der Waals surface area contributed by atoms with E-state index in [-0.39, 0.29) is 23.5 Å². The van der Waals surface area contributed by atoms with Crippen molar-refractivity contribution in [2.24, 2.45) is 0 Å². The second-order valence-electron chi connectivity index (χ2n) is 7.60. The number of likely N-dealkylation sites (N-methyl/N-ethyl adjacent to an activating group) is 1. The molecule has 1 saturated carbocycles. The molecular formula is C21H24N2O5S. The summed E-state index contributed by atoms with van der Waals surface area (Å²) in [5.41, 5.74) is 0.459. The number of rotatable bonds is 5. The molecule has 0 aromatic heterocycles. The molecule has 154 valence electrons. The molecule has 1 fully saturated rings. The molecule has 2 aliphatic rings. The normalized spacial score (nSPS) is 18.0. The van der Waals surface area contributed by atoms with Gasteiger partial charge in [-0.15, -0.1) is 0 Å². The maximum atomic E-state index is 12.9. The van der Waals surface area contributed by atoms with E-state index in [0.717, 1.165) is 35.4 Å². The predicted octanol–water partition coefficient (Wildman–Crippen LogP) is 2.68. The molecule has 0 saturated heterocycles. The number of sulfonamides is 1. The zero-order valence-corrected chi connectivity index (χ0v) is 17.2. The molecule has 0 atom stereocenters. The van der Waals surface area contributed by atoms with Gasteiger partial charge >= 0.3 is 5.97 Å². The lowest BCUT2D eigenvalue weighted by molar-refractivity contribution is -0.151. The first-order valence-electron chi connectivity index (χ1n) is 9.85. The molecule has 0 bridgehead atoms. The van der Waals surface area contributed by atoms with Gasteiger partial charge in [0.15, 0.2) is 6.61 Å². The minimum atomic E-state index is -3.83. The fourth-order valence-corrected chi connectivity index (χ4v) is 5.86. The Balaban J connectivity index is 1.43. The molecule has 1 heterocycles. The minimum absolute atomic E-state index is 0.181. The van der Waals surface area contributed by atoms with Crippen molar-refractivity contribution >= 4 is 38.4 Å². The number of ether oxygens (including phenoxy) is 1. The Morgan fingerprint density at radius 3 is 2.52 bits per heavy atom. The summed E-state index contributed by atoms with van der Waals surface area (Å²) in [5.74, 6) is -1.01. The number of esters is 1. The quantitative estimate of drug-likeness (QED) is 0.700. The molecule has 0 unspecified atom stereocenters. The van der Waals surface area contributed by atoms with Crippen LogP contribution in [0, 0.1) is 0 Å². The highest BCUT2D eigenvalue weighted by Crippen LogP contribution is 2.41. The van der Waals surface area contributed by atoms with E-state index in [0.29, 0.717) is 11.1 Å². The summed E-state index contributed by atoms with van der Waals surface area (Å²) in [6.45, 7) is -0.840. The van der Waals surface area contributed by atoms with E-state index in [2.05, 4.69) is 0 Å². The van der Waals surface area contributed by atoms with Gasteiger partial charge < -0.3 is 9.64 Å². The summed E-state index contributed by atoms with van der Waals surface area (Å²) in [6.07, 6.45) is 5.31. The van der Waals surface area contributed by atoms with Crippen LogP contribution in [0.3, 0.4) is 0 Å². The van der Waals surface area contributed by atoms with Crippen LogP contribution in [0.5, 0.6) is 0 Å². The van der Waals surface area contributed by atoms with E-state index in [1.807, 2.05) is 12.1 Å². The van der Waals surface area contributed by atoms with Crippen molar-refractivity contribution in [1.29, 1.82) is 0 Å². The SMILES string of the molecule is CN(C(=O)COC(=O)CN1c2cccc3cccc(c23)S1(=O)=O)C1CCCCC1. The van der Waals surface area contributed by atoms with Crippen molar-refractivity contribution < 1.29 is 22.7 Å². The highest BCUT2D eigenvalue weighted by molar-refractivity contribution is 7.93. The van der Waals surface area contributed by atoms with E-state index < -0.39 is 22.5 Å². The molecule has 0 spiro atoms. The van der Waals surface area contributed by atoms with Gasteiger partial charge in [-0.2, -0.15) is 0 Å². The van der Waals surface area contributed by atoms with Crippen molar-refractivity contribution in [1.82, 2.24) is 4.90 Å². The number of carbonyl (C=O) groups is 2. The number of nitrogens with zero attached hydrogens (tertiary/aromatic N) is 2. The van der Waals surface area contributed by atoms with Gasteiger partial charge in [-0.1, -0.05) is 43.5 Å². The monoisotopic (exact) mass is 416 g/mol. The summed E-state index contributed by atoms with van der Waals surface area (Å²) in [5, 5.41) is 1.40. The molecule has 8 heteroatoms. The first-order valence-corrected chi connectivity index (χ1v) is 11.3. The van der Waals surface area contributed by atoms with Crippen molar-refractivity contribution in [3.63, 3.8) is 0 Å². The van der Waals surface area contributed by atoms with Crippen molar-refractivity contribution in [3.8, 4) is 0 Å². The summed E-state index contributed by atoms with van der Waals surface area (Å²) in [7, 11) is -2.10. The van der Waals surface area contributed by atoms with Crippen molar-refractivity contribution in [3.05, 3.63) is 36.4 Å². The predicted molar refractivity (Wildman–Crippen MR) is 109 cm³/mol. The number of anilines is 1. The smallest absolute Gasteiger partial charge is 0.327 e. The average Bonchev–Trinajstić information content (AvgIpc) is 2.95. The number of hydrogen-bond donors (Lipinski definition) is 0. The van der Waals surface area contributed by atoms with E-state index in [9.17, 15) is 18.0 Å². The van der Waals surface area contributed by atoms with Gasteiger partial charge in [0.1, 0.15) is 6.54 Å². The first kappa shape index (κ1) is 19.7. The Kier molecular flexibility index (Phi) is 5.21. The van der Waals surface area contributed by atoms with Crippen molar-refractivity contribution in [2.75, 3.05) is 24.5 Å². The summed E-state index contributed by atoms with van der Waals surface area (Å²) < 4.78 is 32.0. The average molecular weight is 416 g/mol. The van der Waals surface area contributed by atoms with Gasteiger partial charge in [0, 0.05) is 18.5 Å². The fraction of sp³-hybridized carbons (Fsp3) is 0.429. The van der Waals surface area contributed by atoms with Gasteiger partial charge in [0.25, 0.3) is 15.9 Å². The van der Waals surface area contributed by atoms with E-state index in [4.69, 9.17) is 4.74 Å². The lowest BCUT2D eigenvalue weighted by atomic mass is 9.94. The number of benzene rings is 2. The van der Waals surface area contributed by atoms with Crippen LogP contribution in [-0.4, -0.2) is 51.4 Å². The number of amides is 1. The molecule has 29 heavy (non-hydrogen) atoms. The third kappa shape index (κ3) is 3.57. The first-order chi connectivity index (χ1) is 13.9. The van der Waals surface area contributed by atoms with Crippen LogP contribution in [0.15, 0.2) is 41.3 Å². The topological polar surface area (TPSA) is 84.0 Å². The van der Waals surface area contributed by atoms with Crippen LogP contribution in [0.1, 0.15) is 32.1 Å². The summed E-state index contributed by atoms with van der Waals surface area (Å²) in [4.78, 5) is 26.6. The number of carbonyl (C=O) groups excluding carboxylic acids is 2. The van der Waals surface area contributed by atoms with Gasteiger partial charge in [0.2, 0.25) is 0 Å². The highest BCUT2D eigenvalue weighted by atomic mass is 32.2. The van der Waals surface area contributed by atoms with E-state index >= 15 is 0 Å². The maximum Gasteiger partial charge on any atom is 0.327 e. The third-order valence-corrected chi connectivity index (χ3v) is 7.63. The van der Waals surface area contributed by atoms with E-state index in [1.165, 1.54) is 12.5 Å². The summed E-state index contributed by atoms with van der Waals surface area (Å²) in [6, 6.07) is 10.5. The van der Waals surface area contributed by atoms with Crippen LogP contribution in [-0.2, 0) is 24.3 Å². The molecule has 2 aromatic carbocycles. The Hall–Kier alpha value is -2.61. The maximum absolute atomic E-state index is 12.9.